The number of carbonyl (C=O) groups excluding carboxylic acids is 1. The zero-order valence-electron chi connectivity index (χ0n) is 15.8. The number of urea groups is 1. The molecule has 6 heteroatoms. The Kier molecular flexibility index (Phi) is 6.54. The molecule has 3 rings (SSSR count). The van der Waals surface area contributed by atoms with Crippen molar-refractivity contribution in [2.45, 2.75) is 26.2 Å². The van der Waals surface area contributed by atoms with Gasteiger partial charge in [-0.1, -0.05) is 36.4 Å². The molecule has 6 nitrogen and oxygen atoms in total. The van der Waals surface area contributed by atoms with Crippen molar-refractivity contribution in [2.24, 2.45) is 0 Å². The van der Waals surface area contributed by atoms with E-state index in [9.17, 15) is 4.79 Å². The highest BCUT2D eigenvalue weighted by atomic mass is 16.6. The van der Waals surface area contributed by atoms with E-state index in [2.05, 4.69) is 5.32 Å². The summed E-state index contributed by atoms with van der Waals surface area (Å²) in [5, 5.41) is 2.99. The van der Waals surface area contributed by atoms with E-state index in [4.69, 9.17) is 14.2 Å². The van der Waals surface area contributed by atoms with Gasteiger partial charge < -0.3 is 24.4 Å². The first-order valence-corrected chi connectivity index (χ1v) is 9.18. The molecule has 0 radical (unpaired) electrons. The first kappa shape index (κ1) is 19.0. The molecule has 0 saturated carbocycles. The Morgan fingerprint density at radius 2 is 1.85 bits per heavy atom. The van der Waals surface area contributed by atoms with Crippen LogP contribution in [-0.4, -0.2) is 43.8 Å². The van der Waals surface area contributed by atoms with Crippen LogP contribution in [0.1, 0.15) is 18.1 Å². The molecule has 1 N–H and O–H groups in total. The van der Waals surface area contributed by atoms with Crippen LogP contribution in [0.2, 0.25) is 0 Å². The molecule has 1 atom stereocenters. The molecule has 2 aromatic rings. The van der Waals surface area contributed by atoms with Gasteiger partial charge in [0.05, 0.1) is 13.2 Å². The summed E-state index contributed by atoms with van der Waals surface area (Å²) in [6.45, 7) is 4.42. The van der Waals surface area contributed by atoms with Gasteiger partial charge in [-0.3, -0.25) is 0 Å². The van der Waals surface area contributed by atoms with Crippen molar-refractivity contribution in [2.75, 3.05) is 26.8 Å². The van der Waals surface area contributed by atoms with E-state index in [1.807, 2.05) is 55.5 Å². The van der Waals surface area contributed by atoms with Crippen LogP contribution in [0, 0.1) is 0 Å². The van der Waals surface area contributed by atoms with E-state index in [1.54, 1.807) is 12.0 Å². The van der Waals surface area contributed by atoms with Crippen molar-refractivity contribution in [1.29, 1.82) is 0 Å². The Morgan fingerprint density at radius 3 is 2.59 bits per heavy atom. The van der Waals surface area contributed by atoms with Gasteiger partial charge in [0.25, 0.3) is 0 Å². The lowest BCUT2D eigenvalue weighted by molar-refractivity contribution is 0.0675. The lowest BCUT2D eigenvalue weighted by Gasteiger charge is -2.31. The molecule has 0 spiro atoms. The van der Waals surface area contributed by atoms with Crippen LogP contribution < -0.4 is 14.8 Å². The van der Waals surface area contributed by atoms with Gasteiger partial charge in [-0.15, -0.1) is 0 Å². The molecule has 0 fully saturated rings. The topological polar surface area (TPSA) is 60.0 Å². The van der Waals surface area contributed by atoms with Gasteiger partial charge in [-0.05, 0) is 30.2 Å². The molecule has 0 aliphatic carbocycles. The van der Waals surface area contributed by atoms with Gasteiger partial charge in [-0.25, -0.2) is 4.79 Å². The lowest BCUT2D eigenvalue weighted by Crippen LogP contribution is -2.47. The zero-order valence-corrected chi connectivity index (χ0v) is 15.8. The second kappa shape index (κ2) is 9.28. The molecule has 1 aliphatic heterocycles. The number of ether oxygens (including phenoxy) is 3. The third kappa shape index (κ3) is 4.92. The third-order valence-electron chi connectivity index (χ3n) is 4.51. The van der Waals surface area contributed by atoms with Crippen LogP contribution in [0.3, 0.4) is 0 Å². The second-order valence-corrected chi connectivity index (χ2v) is 6.40. The molecule has 2 amide bonds. The van der Waals surface area contributed by atoms with Crippen LogP contribution in [-0.2, 0) is 17.9 Å². The summed E-state index contributed by atoms with van der Waals surface area (Å²) in [7, 11) is 1.67. The van der Waals surface area contributed by atoms with E-state index < -0.39 is 0 Å². The summed E-state index contributed by atoms with van der Waals surface area (Å²) < 4.78 is 16.9. The average molecular weight is 370 g/mol. The van der Waals surface area contributed by atoms with Crippen molar-refractivity contribution in [3.8, 4) is 11.5 Å². The third-order valence-corrected chi connectivity index (χ3v) is 4.51. The highest BCUT2D eigenvalue weighted by Crippen LogP contribution is 2.31. The van der Waals surface area contributed by atoms with Gasteiger partial charge in [0.2, 0.25) is 0 Å². The number of nitrogens with one attached hydrogen (secondary N) is 1. The first-order chi connectivity index (χ1) is 13.2. The number of nitrogens with zero attached hydrogens (tertiary/aromatic N) is 1. The number of para-hydroxylation sites is 2. The maximum absolute atomic E-state index is 12.6. The smallest absolute Gasteiger partial charge is 0.317 e. The first-order valence-electron chi connectivity index (χ1n) is 9.18. The fraction of sp³-hybridized carbons (Fsp3) is 0.381. The molecule has 1 aliphatic rings. The van der Waals surface area contributed by atoms with Crippen LogP contribution in [0.5, 0.6) is 11.5 Å². The SMILES string of the molecule is CCN(CC1COc2ccccc2O1)C(=O)NCc1ccccc1COC. The number of benzene rings is 2. The van der Waals surface area contributed by atoms with Crippen molar-refractivity contribution in [1.82, 2.24) is 10.2 Å². The van der Waals surface area contributed by atoms with Gasteiger partial charge in [0.1, 0.15) is 6.61 Å². The maximum atomic E-state index is 12.6. The number of fused-ring (bicyclic) bond motifs is 1. The quantitative estimate of drug-likeness (QED) is 0.813. The minimum atomic E-state index is -0.189. The number of likely N-dealkylation sites (N-methyl/N-ethyl adjacent to an activating group) is 1. The summed E-state index contributed by atoms with van der Waals surface area (Å²) in [6.07, 6.45) is -0.189. The number of rotatable bonds is 7. The average Bonchev–Trinajstić information content (AvgIpc) is 2.71. The summed E-state index contributed by atoms with van der Waals surface area (Å²) in [4.78, 5) is 14.4. The van der Waals surface area contributed by atoms with Gasteiger partial charge in [-0.2, -0.15) is 0 Å². The predicted octanol–water partition coefficient (Wildman–Crippen LogP) is 3.20. The maximum Gasteiger partial charge on any atom is 0.317 e. The van der Waals surface area contributed by atoms with Crippen molar-refractivity contribution in [3.05, 3.63) is 59.7 Å². The van der Waals surface area contributed by atoms with Crippen molar-refractivity contribution < 1.29 is 19.0 Å². The monoisotopic (exact) mass is 370 g/mol. The second-order valence-electron chi connectivity index (χ2n) is 6.40. The minimum absolute atomic E-state index is 0.118. The number of hydrogen-bond donors (Lipinski definition) is 1. The molecule has 0 aromatic heterocycles. The molecule has 144 valence electrons. The fourth-order valence-electron chi connectivity index (χ4n) is 3.06. The minimum Gasteiger partial charge on any atom is -0.486 e. The fourth-order valence-corrected chi connectivity index (χ4v) is 3.06. The van der Waals surface area contributed by atoms with Crippen LogP contribution in [0.15, 0.2) is 48.5 Å². The highest BCUT2D eigenvalue weighted by molar-refractivity contribution is 5.74. The van der Waals surface area contributed by atoms with Crippen LogP contribution in [0.4, 0.5) is 4.79 Å². The lowest BCUT2D eigenvalue weighted by atomic mass is 10.1. The Morgan fingerprint density at radius 1 is 1.15 bits per heavy atom. The Labute approximate surface area is 160 Å². The van der Waals surface area contributed by atoms with Gasteiger partial charge in [0.15, 0.2) is 17.6 Å². The molecule has 0 bridgehead atoms. The van der Waals surface area contributed by atoms with E-state index >= 15 is 0 Å². The number of hydrogen-bond acceptors (Lipinski definition) is 4. The largest absolute Gasteiger partial charge is 0.486 e. The summed E-state index contributed by atoms with van der Waals surface area (Å²) in [6, 6.07) is 15.4. The van der Waals surface area contributed by atoms with Gasteiger partial charge >= 0.3 is 6.03 Å². The summed E-state index contributed by atoms with van der Waals surface area (Å²) in [5.41, 5.74) is 2.12. The Balaban J connectivity index is 1.56. The van der Waals surface area contributed by atoms with Crippen LogP contribution >= 0.6 is 0 Å². The van der Waals surface area contributed by atoms with E-state index in [0.717, 1.165) is 22.6 Å². The van der Waals surface area contributed by atoms with E-state index in [-0.39, 0.29) is 12.1 Å². The number of amides is 2. The highest BCUT2D eigenvalue weighted by Gasteiger charge is 2.24. The zero-order chi connectivity index (χ0) is 19.1. The molecule has 0 saturated heterocycles. The van der Waals surface area contributed by atoms with Crippen molar-refractivity contribution in [3.63, 3.8) is 0 Å². The Bertz CT molecular complexity index is 765. The van der Waals surface area contributed by atoms with E-state index in [0.29, 0.717) is 32.8 Å². The number of methoxy groups -OCH3 is 1. The standard InChI is InChI=1S/C21H26N2O4/c1-3-23(13-18-15-26-19-10-6-7-11-20(19)27-18)21(24)22-12-16-8-4-5-9-17(16)14-25-2/h4-11,18H,3,12-15H2,1-2H3,(H,22,24). The molecule has 1 heterocycles. The van der Waals surface area contributed by atoms with E-state index in [1.165, 1.54) is 0 Å². The predicted molar refractivity (Wildman–Crippen MR) is 103 cm³/mol. The molecule has 1 unspecified atom stereocenters. The Hall–Kier alpha value is -2.73. The molecule has 2 aromatic carbocycles. The van der Waals surface area contributed by atoms with Crippen LogP contribution in [0.25, 0.3) is 0 Å². The molecular weight excluding hydrogens is 344 g/mol. The van der Waals surface area contributed by atoms with Gasteiger partial charge in [0, 0.05) is 20.2 Å². The molecule has 27 heavy (non-hydrogen) atoms. The van der Waals surface area contributed by atoms with Crippen molar-refractivity contribution >= 4 is 6.03 Å². The summed E-state index contributed by atoms with van der Waals surface area (Å²) >= 11 is 0. The molecular formula is C21H26N2O4. The normalized spacial score (nSPS) is 15.3. The number of carbonyl (C=O) groups is 1. The summed E-state index contributed by atoms with van der Waals surface area (Å²) in [5.74, 6) is 1.47.